The van der Waals surface area contributed by atoms with Gasteiger partial charge in [-0.05, 0) is 19.4 Å². The molecule has 124 valence electrons. The van der Waals surface area contributed by atoms with Gasteiger partial charge < -0.3 is 15.2 Å². The second-order valence-electron chi connectivity index (χ2n) is 5.97. The fraction of sp³-hybridized carbons (Fsp3) is 0.438. The summed E-state index contributed by atoms with van der Waals surface area (Å²) in [7, 11) is 0. The molecule has 1 aromatic rings. The molecule has 0 aliphatic carbocycles. The molecule has 1 aromatic carbocycles. The van der Waals surface area contributed by atoms with Crippen molar-refractivity contribution in [3.8, 4) is 0 Å². The number of carboxylic acids is 1. The summed E-state index contributed by atoms with van der Waals surface area (Å²) in [6, 6.07) is 7.67. The van der Waals surface area contributed by atoms with Crippen molar-refractivity contribution in [2.24, 2.45) is 0 Å². The fourth-order valence-electron chi connectivity index (χ4n) is 2.54. The topological polar surface area (TPSA) is 95.5 Å². The average Bonchev–Trinajstić information content (AvgIpc) is 2.81. The Kier molecular flexibility index (Phi) is 5.43. The molecular formula is C16H20N2O4S. The van der Waals surface area contributed by atoms with Gasteiger partial charge in [0.15, 0.2) is 0 Å². The van der Waals surface area contributed by atoms with Crippen molar-refractivity contribution in [3.05, 3.63) is 35.9 Å². The lowest BCUT2D eigenvalue weighted by atomic mass is 10.0. The first-order valence-corrected chi connectivity index (χ1v) is 8.16. The van der Waals surface area contributed by atoms with E-state index in [9.17, 15) is 19.5 Å². The summed E-state index contributed by atoms with van der Waals surface area (Å²) in [5, 5.41) is 14.4. The highest BCUT2D eigenvalue weighted by Crippen LogP contribution is 2.38. The van der Waals surface area contributed by atoms with Gasteiger partial charge in [-0.15, -0.1) is 11.8 Å². The largest absolute Gasteiger partial charge is 0.480 e. The Hall–Kier alpha value is -1.86. The molecule has 7 heteroatoms. The molecule has 2 rings (SSSR count). The highest BCUT2D eigenvalue weighted by atomic mass is 32.2. The maximum atomic E-state index is 12.1. The van der Waals surface area contributed by atoms with Gasteiger partial charge in [0.05, 0.1) is 11.8 Å². The first-order valence-electron chi connectivity index (χ1n) is 7.29. The molecule has 1 fully saturated rings. The van der Waals surface area contributed by atoms with E-state index in [-0.39, 0.29) is 12.3 Å². The van der Waals surface area contributed by atoms with Crippen molar-refractivity contribution in [2.75, 3.05) is 0 Å². The van der Waals surface area contributed by atoms with Gasteiger partial charge in [-0.1, -0.05) is 30.3 Å². The molecule has 3 atom stereocenters. The Labute approximate surface area is 139 Å². The SMILES string of the molecule is CC1(C)SC([C@@H](C=O)NC(=O)Cc2ccccc2)NC1C(=O)O. The van der Waals surface area contributed by atoms with Crippen LogP contribution in [0.4, 0.5) is 0 Å². The van der Waals surface area contributed by atoms with Crippen molar-refractivity contribution < 1.29 is 19.5 Å². The third kappa shape index (κ3) is 4.33. The Bertz CT molecular complexity index is 591. The zero-order chi connectivity index (χ0) is 17.0. The molecule has 1 aliphatic heterocycles. The maximum absolute atomic E-state index is 12.1. The summed E-state index contributed by atoms with van der Waals surface area (Å²) in [5.41, 5.74) is 0.852. The van der Waals surface area contributed by atoms with Crippen LogP contribution < -0.4 is 10.6 Å². The number of benzene rings is 1. The number of amides is 1. The van der Waals surface area contributed by atoms with E-state index in [1.807, 2.05) is 30.3 Å². The standard InChI is InChI=1S/C16H20N2O4S/c1-16(2)13(15(21)22)18-14(23-16)11(9-19)17-12(20)8-10-6-4-3-5-7-10/h3-7,9,11,13-14,18H,8H2,1-2H3,(H,17,20)(H,21,22)/t11-,13?,14?/m1/s1. The van der Waals surface area contributed by atoms with Crippen molar-refractivity contribution in [3.63, 3.8) is 0 Å². The van der Waals surface area contributed by atoms with E-state index in [4.69, 9.17) is 0 Å². The zero-order valence-electron chi connectivity index (χ0n) is 13.0. The normalized spacial score (nSPS) is 23.9. The van der Waals surface area contributed by atoms with Crippen LogP contribution in [0.15, 0.2) is 30.3 Å². The molecule has 3 N–H and O–H groups in total. The summed E-state index contributed by atoms with van der Waals surface area (Å²) in [4.78, 5) is 34.7. The Morgan fingerprint density at radius 2 is 2.04 bits per heavy atom. The summed E-state index contributed by atoms with van der Waals surface area (Å²) in [6.07, 6.45) is 0.822. The molecule has 0 spiro atoms. The lowest BCUT2D eigenvalue weighted by Crippen LogP contribution is -2.51. The highest BCUT2D eigenvalue weighted by Gasteiger charge is 2.47. The van der Waals surface area contributed by atoms with Crippen LogP contribution in [0.1, 0.15) is 19.4 Å². The number of hydrogen-bond donors (Lipinski definition) is 3. The molecule has 6 nitrogen and oxygen atoms in total. The Balaban J connectivity index is 1.99. The molecule has 2 unspecified atom stereocenters. The number of rotatable bonds is 6. The maximum Gasteiger partial charge on any atom is 0.322 e. The molecule has 0 radical (unpaired) electrons. The monoisotopic (exact) mass is 336 g/mol. The lowest BCUT2D eigenvalue weighted by Gasteiger charge is -2.21. The summed E-state index contributed by atoms with van der Waals surface area (Å²) in [5.74, 6) is -1.24. The summed E-state index contributed by atoms with van der Waals surface area (Å²) < 4.78 is -0.568. The fourth-order valence-corrected chi connectivity index (χ4v) is 3.98. The van der Waals surface area contributed by atoms with Crippen LogP contribution in [0.5, 0.6) is 0 Å². The van der Waals surface area contributed by atoms with Crippen molar-refractivity contribution >= 4 is 29.9 Å². The van der Waals surface area contributed by atoms with E-state index >= 15 is 0 Å². The van der Waals surface area contributed by atoms with Crippen molar-refractivity contribution in [1.82, 2.24) is 10.6 Å². The number of carbonyl (C=O) groups excluding carboxylic acids is 2. The van der Waals surface area contributed by atoms with Crippen LogP contribution in [0.25, 0.3) is 0 Å². The van der Waals surface area contributed by atoms with Gasteiger partial charge in [-0.3, -0.25) is 14.9 Å². The van der Waals surface area contributed by atoms with Gasteiger partial charge in [0.1, 0.15) is 18.4 Å². The molecule has 23 heavy (non-hydrogen) atoms. The predicted molar refractivity (Wildman–Crippen MR) is 88.2 cm³/mol. The average molecular weight is 336 g/mol. The Morgan fingerprint density at radius 1 is 1.39 bits per heavy atom. The van der Waals surface area contributed by atoms with Gasteiger partial charge in [0.25, 0.3) is 0 Å². The number of aldehydes is 1. The minimum atomic E-state index is -0.967. The van der Waals surface area contributed by atoms with Gasteiger partial charge >= 0.3 is 5.97 Å². The van der Waals surface area contributed by atoms with Crippen molar-refractivity contribution in [1.29, 1.82) is 0 Å². The third-order valence-electron chi connectivity index (χ3n) is 3.71. The highest BCUT2D eigenvalue weighted by molar-refractivity contribution is 8.01. The molecule has 1 aliphatic rings. The van der Waals surface area contributed by atoms with Gasteiger partial charge in [0, 0.05) is 4.75 Å². The van der Waals surface area contributed by atoms with Crippen LogP contribution in [0.3, 0.4) is 0 Å². The Morgan fingerprint density at radius 3 is 2.57 bits per heavy atom. The number of aliphatic carboxylic acids is 1. The number of carboxylic acid groups (broad SMARTS) is 1. The van der Waals surface area contributed by atoms with E-state index in [1.54, 1.807) is 13.8 Å². The molecule has 1 saturated heterocycles. The smallest absolute Gasteiger partial charge is 0.322 e. The molecule has 0 saturated carbocycles. The van der Waals surface area contributed by atoms with E-state index in [2.05, 4.69) is 10.6 Å². The minimum absolute atomic E-state index is 0.175. The van der Waals surface area contributed by atoms with Crippen LogP contribution in [-0.2, 0) is 20.8 Å². The van der Waals surface area contributed by atoms with Gasteiger partial charge in [-0.25, -0.2) is 0 Å². The number of thioether (sulfide) groups is 1. The van der Waals surface area contributed by atoms with E-state index < -0.39 is 28.2 Å². The van der Waals surface area contributed by atoms with E-state index in [1.165, 1.54) is 11.8 Å². The third-order valence-corrected chi connectivity index (χ3v) is 5.24. The molecule has 1 heterocycles. The number of carbonyl (C=O) groups is 3. The quantitative estimate of drug-likeness (QED) is 0.665. The van der Waals surface area contributed by atoms with E-state index in [0.29, 0.717) is 6.29 Å². The van der Waals surface area contributed by atoms with Crippen LogP contribution in [-0.4, -0.2) is 45.5 Å². The van der Waals surface area contributed by atoms with Crippen LogP contribution >= 0.6 is 11.8 Å². The number of hydrogen-bond acceptors (Lipinski definition) is 5. The van der Waals surface area contributed by atoms with Gasteiger partial charge in [0.2, 0.25) is 5.91 Å². The molecule has 0 bridgehead atoms. The van der Waals surface area contributed by atoms with E-state index in [0.717, 1.165) is 5.56 Å². The first-order chi connectivity index (χ1) is 10.8. The minimum Gasteiger partial charge on any atom is -0.480 e. The van der Waals surface area contributed by atoms with Crippen LogP contribution in [0, 0.1) is 0 Å². The summed E-state index contributed by atoms with van der Waals surface area (Å²) in [6.45, 7) is 3.61. The predicted octanol–water partition coefficient (Wildman–Crippen LogP) is 0.807. The lowest BCUT2D eigenvalue weighted by molar-refractivity contribution is -0.140. The van der Waals surface area contributed by atoms with Gasteiger partial charge in [-0.2, -0.15) is 0 Å². The number of nitrogens with one attached hydrogen (secondary N) is 2. The molecular weight excluding hydrogens is 316 g/mol. The molecule has 1 amide bonds. The molecule has 0 aromatic heterocycles. The zero-order valence-corrected chi connectivity index (χ0v) is 13.8. The second-order valence-corrected chi connectivity index (χ2v) is 7.77. The summed E-state index contributed by atoms with van der Waals surface area (Å²) >= 11 is 1.35. The van der Waals surface area contributed by atoms with Crippen LogP contribution in [0.2, 0.25) is 0 Å². The first kappa shape index (κ1) is 17.5. The second kappa shape index (κ2) is 7.14. The van der Waals surface area contributed by atoms with Crippen molar-refractivity contribution in [2.45, 2.75) is 42.5 Å².